The number of carboxylic acids is 1. The molecule has 5 nitrogen and oxygen atoms in total. The number of hydrogen-bond donors (Lipinski definition) is 2. The molecule has 0 fully saturated rings. The molecule has 0 saturated heterocycles. The van der Waals surface area contributed by atoms with Gasteiger partial charge in [-0.3, -0.25) is 4.79 Å². The Balaban J connectivity index is 2.58. The highest BCUT2D eigenvalue weighted by atomic mass is 32.2. The fourth-order valence-electron chi connectivity index (χ4n) is 1.19. The number of aromatic nitrogens is 1. The van der Waals surface area contributed by atoms with E-state index >= 15 is 0 Å². The van der Waals surface area contributed by atoms with Crippen molar-refractivity contribution in [1.82, 2.24) is 10.3 Å². The second-order valence-corrected chi connectivity index (χ2v) is 5.03. The van der Waals surface area contributed by atoms with Crippen molar-refractivity contribution in [3.05, 3.63) is 12.0 Å². The SMILES string of the molecule is CCCNC(C)(CSc1nc(C)co1)C(=O)O. The Labute approximate surface area is 105 Å². The molecule has 0 radical (unpaired) electrons. The van der Waals surface area contributed by atoms with E-state index in [9.17, 15) is 9.90 Å². The fraction of sp³-hybridized carbons (Fsp3) is 0.636. The Kier molecular flexibility index (Phi) is 5.02. The largest absolute Gasteiger partial charge is 0.480 e. The third-order valence-corrected chi connectivity index (χ3v) is 3.48. The van der Waals surface area contributed by atoms with Crippen LogP contribution in [-0.2, 0) is 4.79 Å². The third kappa shape index (κ3) is 4.05. The number of nitrogens with zero attached hydrogens (tertiary/aromatic N) is 1. The van der Waals surface area contributed by atoms with Crippen LogP contribution in [-0.4, -0.2) is 33.9 Å². The Morgan fingerprint density at radius 1 is 1.71 bits per heavy atom. The first kappa shape index (κ1) is 14.1. The molecule has 1 aromatic rings. The minimum absolute atomic E-state index is 0.377. The lowest BCUT2D eigenvalue weighted by atomic mass is 10.1. The van der Waals surface area contributed by atoms with Crippen molar-refractivity contribution in [2.75, 3.05) is 12.3 Å². The maximum absolute atomic E-state index is 11.2. The van der Waals surface area contributed by atoms with Gasteiger partial charge in [0.25, 0.3) is 5.22 Å². The molecule has 1 rings (SSSR count). The van der Waals surface area contributed by atoms with Crippen LogP contribution in [0.5, 0.6) is 0 Å². The number of carboxylic acid groups (broad SMARTS) is 1. The standard InChI is InChI=1S/C11H18N2O3S/c1-4-5-12-11(3,9(14)15)7-17-10-13-8(2)6-16-10/h6,12H,4-5,7H2,1-3H3,(H,14,15). The molecule has 17 heavy (non-hydrogen) atoms. The average molecular weight is 258 g/mol. The number of aryl methyl sites for hydroxylation is 1. The lowest BCUT2D eigenvalue weighted by molar-refractivity contribution is -0.143. The highest BCUT2D eigenvalue weighted by molar-refractivity contribution is 7.99. The van der Waals surface area contributed by atoms with Crippen LogP contribution in [0.1, 0.15) is 26.0 Å². The Bertz CT molecular complexity index is 381. The summed E-state index contributed by atoms with van der Waals surface area (Å²) >= 11 is 1.31. The van der Waals surface area contributed by atoms with Gasteiger partial charge < -0.3 is 14.8 Å². The summed E-state index contributed by atoms with van der Waals surface area (Å²) in [6.45, 7) is 6.18. The quantitative estimate of drug-likeness (QED) is 0.728. The molecule has 0 aromatic carbocycles. The summed E-state index contributed by atoms with van der Waals surface area (Å²) in [7, 11) is 0. The van der Waals surface area contributed by atoms with Gasteiger partial charge in [0, 0.05) is 5.75 Å². The summed E-state index contributed by atoms with van der Waals surface area (Å²) in [6.07, 6.45) is 2.45. The van der Waals surface area contributed by atoms with Gasteiger partial charge in [0.05, 0.1) is 5.69 Å². The highest BCUT2D eigenvalue weighted by Crippen LogP contribution is 2.22. The molecule has 6 heteroatoms. The average Bonchev–Trinajstić information content (AvgIpc) is 2.69. The first-order valence-corrected chi connectivity index (χ1v) is 6.50. The van der Waals surface area contributed by atoms with Gasteiger partial charge in [-0.05, 0) is 26.8 Å². The van der Waals surface area contributed by atoms with Crippen LogP contribution < -0.4 is 5.32 Å². The van der Waals surface area contributed by atoms with Gasteiger partial charge in [0.1, 0.15) is 11.8 Å². The Morgan fingerprint density at radius 3 is 2.88 bits per heavy atom. The Morgan fingerprint density at radius 2 is 2.41 bits per heavy atom. The van der Waals surface area contributed by atoms with Crippen LogP contribution in [0.25, 0.3) is 0 Å². The summed E-state index contributed by atoms with van der Waals surface area (Å²) in [5.74, 6) is -0.482. The molecule has 0 aliphatic rings. The van der Waals surface area contributed by atoms with Gasteiger partial charge in [-0.25, -0.2) is 4.98 Å². The molecule has 1 heterocycles. The third-order valence-electron chi connectivity index (χ3n) is 2.32. The summed E-state index contributed by atoms with van der Waals surface area (Å²) in [5.41, 5.74) is -0.158. The monoisotopic (exact) mass is 258 g/mol. The van der Waals surface area contributed by atoms with Crippen LogP contribution in [0, 0.1) is 6.92 Å². The van der Waals surface area contributed by atoms with Gasteiger partial charge in [0.2, 0.25) is 0 Å². The van der Waals surface area contributed by atoms with Crippen molar-refractivity contribution in [2.45, 2.75) is 38.0 Å². The van der Waals surface area contributed by atoms with E-state index in [-0.39, 0.29) is 0 Å². The first-order valence-electron chi connectivity index (χ1n) is 5.51. The zero-order chi connectivity index (χ0) is 12.9. The van der Waals surface area contributed by atoms with Crippen molar-refractivity contribution >= 4 is 17.7 Å². The molecule has 0 bridgehead atoms. The molecule has 0 amide bonds. The molecule has 0 saturated carbocycles. The maximum Gasteiger partial charge on any atom is 0.324 e. The normalized spacial score (nSPS) is 14.5. The highest BCUT2D eigenvalue weighted by Gasteiger charge is 2.32. The number of thioether (sulfide) groups is 1. The van der Waals surface area contributed by atoms with Crippen molar-refractivity contribution in [3.63, 3.8) is 0 Å². The van der Waals surface area contributed by atoms with Gasteiger partial charge in [-0.1, -0.05) is 18.7 Å². The minimum Gasteiger partial charge on any atom is -0.480 e. The first-order chi connectivity index (χ1) is 7.98. The van der Waals surface area contributed by atoms with Crippen LogP contribution in [0.3, 0.4) is 0 Å². The van der Waals surface area contributed by atoms with Crippen molar-refractivity contribution < 1.29 is 14.3 Å². The van der Waals surface area contributed by atoms with Crippen molar-refractivity contribution in [1.29, 1.82) is 0 Å². The molecule has 96 valence electrons. The molecular weight excluding hydrogens is 240 g/mol. The zero-order valence-corrected chi connectivity index (χ0v) is 11.1. The number of oxazole rings is 1. The van der Waals surface area contributed by atoms with Crippen LogP contribution in [0.15, 0.2) is 15.9 Å². The predicted octanol–water partition coefficient (Wildman–Crippen LogP) is 1.92. The molecule has 0 spiro atoms. The van der Waals surface area contributed by atoms with E-state index in [1.54, 1.807) is 13.2 Å². The minimum atomic E-state index is -0.955. The van der Waals surface area contributed by atoms with E-state index in [2.05, 4.69) is 10.3 Å². The Hall–Kier alpha value is -1.01. The van der Waals surface area contributed by atoms with E-state index in [1.807, 2.05) is 13.8 Å². The van der Waals surface area contributed by atoms with Gasteiger partial charge in [-0.15, -0.1) is 0 Å². The lowest BCUT2D eigenvalue weighted by Crippen LogP contribution is -2.51. The maximum atomic E-state index is 11.2. The number of hydrogen-bond acceptors (Lipinski definition) is 5. The van der Waals surface area contributed by atoms with E-state index in [4.69, 9.17) is 4.42 Å². The molecule has 2 N–H and O–H groups in total. The van der Waals surface area contributed by atoms with Crippen LogP contribution in [0.2, 0.25) is 0 Å². The summed E-state index contributed by atoms with van der Waals surface area (Å²) in [6, 6.07) is 0. The molecule has 1 atom stereocenters. The van der Waals surface area contributed by atoms with Gasteiger partial charge in [-0.2, -0.15) is 0 Å². The number of carbonyl (C=O) groups is 1. The summed E-state index contributed by atoms with van der Waals surface area (Å²) in [5, 5.41) is 12.8. The molecular formula is C11H18N2O3S. The van der Waals surface area contributed by atoms with E-state index in [0.717, 1.165) is 12.1 Å². The van der Waals surface area contributed by atoms with E-state index in [1.165, 1.54) is 11.8 Å². The zero-order valence-electron chi connectivity index (χ0n) is 10.3. The number of aliphatic carboxylic acids is 1. The predicted molar refractivity (Wildman–Crippen MR) is 66.3 cm³/mol. The number of nitrogens with one attached hydrogen (secondary N) is 1. The van der Waals surface area contributed by atoms with Crippen molar-refractivity contribution in [2.24, 2.45) is 0 Å². The van der Waals surface area contributed by atoms with E-state index in [0.29, 0.717) is 17.5 Å². The topological polar surface area (TPSA) is 75.4 Å². The second-order valence-electron chi connectivity index (χ2n) is 4.11. The van der Waals surface area contributed by atoms with Crippen LogP contribution in [0.4, 0.5) is 0 Å². The molecule has 0 aliphatic carbocycles. The smallest absolute Gasteiger partial charge is 0.324 e. The number of rotatable bonds is 7. The van der Waals surface area contributed by atoms with E-state index < -0.39 is 11.5 Å². The fourth-order valence-corrected chi connectivity index (χ4v) is 2.16. The summed E-state index contributed by atoms with van der Waals surface area (Å²) < 4.78 is 5.18. The van der Waals surface area contributed by atoms with Gasteiger partial charge >= 0.3 is 5.97 Å². The van der Waals surface area contributed by atoms with Gasteiger partial charge in [0.15, 0.2) is 0 Å². The van der Waals surface area contributed by atoms with Crippen LogP contribution >= 0.6 is 11.8 Å². The molecule has 1 aromatic heterocycles. The summed E-state index contributed by atoms with van der Waals surface area (Å²) in [4.78, 5) is 15.4. The van der Waals surface area contributed by atoms with Crippen molar-refractivity contribution in [3.8, 4) is 0 Å². The molecule has 0 aliphatic heterocycles. The lowest BCUT2D eigenvalue weighted by Gasteiger charge is -2.25. The second kappa shape index (κ2) is 6.07. The molecule has 1 unspecified atom stereocenters.